The lowest BCUT2D eigenvalue weighted by molar-refractivity contribution is 0.0190. The number of carbonyl (C=O) groups excluding carboxylic acids is 2. The lowest BCUT2D eigenvalue weighted by atomic mass is 9.97. The Morgan fingerprint density at radius 1 is 1.13 bits per heavy atom. The summed E-state index contributed by atoms with van der Waals surface area (Å²) in [6.45, 7) is 11.5. The molecule has 3 N–H and O–H groups in total. The molecule has 3 rings (SSSR count). The molecule has 0 radical (unpaired) electrons. The minimum Gasteiger partial charge on any atom is -0.490 e. The van der Waals surface area contributed by atoms with Gasteiger partial charge in [0.15, 0.2) is 11.6 Å². The van der Waals surface area contributed by atoms with Crippen molar-refractivity contribution >= 4 is 29.2 Å². The van der Waals surface area contributed by atoms with Crippen LogP contribution in [0.25, 0.3) is 0 Å². The molecule has 0 unspecified atom stereocenters. The number of hydrogen-bond acceptors (Lipinski definition) is 7. The number of pyridine rings is 1. The van der Waals surface area contributed by atoms with E-state index in [1.54, 1.807) is 23.0 Å². The van der Waals surface area contributed by atoms with Crippen molar-refractivity contribution < 1.29 is 19.2 Å². The zero-order valence-electron chi connectivity index (χ0n) is 28.3. The molecule has 3 aromatic rings. The van der Waals surface area contributed by atoms with E-state index in [2.05, 4.69) is 59.5 Å². The number of rotatable bonds is 22. The first kappa shape index (κ1) is 37.6. The van der Waals surface area contributed by atoms with Gasteiger partial charge in [-0.15, -0.1) is 0 Å². The molecule has 0 aliphatic carbocycles. The van der Waals surface area contributed by atoms with Crippen LogP contribution in [-0.2, 0) is 17.8 Å². The zero-order valence-corrected chi connectivity index (χ0v) is 29.0. The van der Waals surface area contributed by atoms with Crippen molar-refractivity contribution in [2.24, 2.45) is 17.6 Å². The maximum Gasteiger partial charge on any atom is 0.278 e. The highest BCUT2D eigenvalue weighted by atomic mass is 35.5. The Kier molecular flexibility index (Phi) is 16.3. The van der Waals surface area contributed by atoms with E-state index >= 15 is 0 Å². The zero-order chi connectivity index (χ0) is 34.0. The van der Waals surface area contributed by atoms with E-state index in [-0.39, 0.29) is 17.5 Å². The summed E-state index contributed by atoms with van der Waals surface area (Å²) in [6, 6.07) is 11.4. The third kappa shape index (κ3) is 13.0. The van der Waals surface area contributed by atoms with Gasteiger partial charge in [-0.3, -0.25) is 19.1 Å². The van der Waals surface area contributed by atoms with Crippen LogP contribution in [0.1, 0.15) is 92.6 Å². The quantitative estimate of drug-likeness (QED) is 0.0670. The molecule has 2 aromatic heterocycles. The molecule has 11 heteroatoms. The summed E-state index contributed by atoms with van der Waals surface area (Å²) < 4.78 is 7.89. The smallest absolute Gasteiger partial charge is 0.278 e. The normalized spacial score (nSPS) is 12.6. The predicted molar refractivity (Wildman–Crippen MR) is 188 cm³/mol. The Labute approximate surface area is 284 Å². The van der Waals surface area contributed by atoms with E-state index in [9.17, 15) is 9.59 Å². The monoisotopic (exact) mass is 666 g/mol. The number of nitrogens with two attached hydrogens (primary N) is 1. The number of hydrogen-bond donors (Lipinski definition) is 2. The van der Waals surface area contributed by atoms with Gasteiger partial charge < -0.3 is 15.4 Å². The number of nitrogens with one attached hydrogen (secondary N) is 1. The summed E-state index contributed by atoms with van der Waals surface area (Å²) in [5.41, 5.74) is 10.0. The predicted octanol–water partition coefficient (Wildman–Crippen LogP) is 7.03. The third-order valence-electron chi connectivity index (χ3n) is 8.09. The first-order valence-corrected chi connectivity index (χ1v) is 17.1. The molecule has 0 fully saturated rings. The number of aromatic nitrogens is 3. The molecule has 256 valence electrons. The highest BCUT2D eigenvalue weighted by Gasteiger charge is 2.18. The molecule has 47 heavy (non-hydrogen) atoms. The Bertz CT molecular complexity index is 1430. The number of benzene rings is 1. The van der Waals surface area contributed by atoms with Crippen molar-refractivity contribution in [3.05, 3.63) is 82.8 Å². The summed E-state index contributed by atoms with van der Waals surface area (Å²) >= 11 is 6.11. The number of halogens is 1. The van der Waals surface area contributed by atoms with E-state index in [1.807, 2.05) is 25.1 Å². The number of allylic oxidation sites excluding steroid dienone is 2. The highest BCUT2D eigenvalue weighted by molar-refractivity contribution is 6.30. The SMILES string of the molecule is CC[C@@H](C/C=C/C[C@H](C)CONC(=O)c1cnn(CC)c1)CCN(CC)c1nc(C(N)=O)ccc1OCCCCc1cccc(Cl)c1. The number of nitrogens with zero attached hydrogens (tertiary/aromatic N) is 4. The molecule has 0 aliphatic rings. The fourth-order valence-electron chi connectivity index (χ4n) is 5.11. The molecule has 0 spiro atoms. The lowest BCUT2D eigenvalue weighted by Gasteiger charge is -2.26. The van der Waals surface area contributed by atoms with Crippen LogP contribution >= 0.6 is 11.6 Å². The molecule has 10 nitrogen and oxygen atoms in total. The van der Waals surface area contributed by atoms with Crippen LogP contribution in [0.3, 0.4) is 0 Å². The van der Waals surface area contributed by atoms with Crippen LogP contribution in [0.4, 0.5) is 5.82 Å². The van der Waals surface area contributed by atoms with Gasteiger partial charge in [0.1, 0.15) is 5.69 Å². The van der Waals surface area contributed by atoms with Gasteiger partial charge in [0.25, 0.3) is 11.8 Å². The molecule has 0 bridgehead atoms. The summed E-state index contributed by atoms with van der Waals surface area (Å²) in [4.78, 5) is 36.4. The minimum absolute atomic E-state index is 0.229. The number of amides is 2. The second kappa shape index (κ2) is 20.4. The first-order chi connectivity index (χ1) is 22.7. The highest BCUT2D eigenvalue weighted by Crippen LogP contribution is 2.28. The number of carbonyl (C=O) groups is 2. The number of unbranched alkanes of at least 4 members (excludes halogenated alkanes) is 1. The molecule has 2 amide bonds. The molecule has 2 heterocycles. The second-order valence-electron chi connectivity index (χ2n) is 11.8. The van der Waals surface area contributed by atoms with Crippen molar-refractivity contribution in [1.29, 1.82) is 0 Å². The summed E-state index contributed by atoms with van der Waals surface area (Å²) in [6.07, 6.45) is 14.3. The van der Waals surface area contributed by atoms with Crippen molar-refractivity contribution in [1.82, 2.24) is 20.2 Å². The first-order valence-electron chi connectivity index (χ1n) is 16.8. The molecule has 0 saturated heterocycles. The lowest BCUT2D eigenvalue weighted by Crippen LogP contribution is -2.28. The van der Waals surface area contributed by atoms with Gasteiger partial charge >= 0.3 is 0 Å². The van der Waals surface area contributed by atoms with Gasteiger partial charge in [0, 0.05) is 30.9 Å². The van der Waals surface area contributed by atoms with Crippen molar-refractivity contribution in [3.8, 4) is 5.75 Å². The number of ether oxygens (including phenoxy) is 1. The summed E-state index contributed by atoms with van der Waals surface area (Å²) in [5, 5.41) is 4.86. The van der Waals surface area contributed by atoms with E-state index < -0.39 is 5.91 Å². The molecule has 1 aromatic carbocycles. The largest absolute Gasteiger partial charge is 0.490 e. The second-order valence-corrected chi connectivity index (χ2v) is 12.3. The van der Waals surface area contributed by atoms with Crippen LogP contribution in [0.5, 0.6) is 5.75 Å². The van der Waals surface area contributed by atoms with Gasteiger partial charge in [-0.2, -0.15) is 5.10 Å². The van der Waals surface area contributed by atoms with Crippen molar-refractivity contribution in [3.63, 3.8) is 0 Å². The van der Waals surface area contributed by atoms with Crippen LogP contribution in [0, 0.1) is 11.8 Å². The standard InChI is InChI=1S/C36H51ClN6O4/c1-5-28(14-9-8-13-27(4)26-47-41-36(45)30-24-39-43(7-3)25-30)20-21-42(6-2)35-33(19-18-32(40-35)34(38)44)46-22-11-10-15-29-16-12-17-31(37)23-29/h8-9,12,16-19,23-25,27-28H,5-7,10-11,13-15,20-22,26H2,1-4H3,(H2,38,44)(H,41,45)/b9-8+/t27-,28-/m0/s1. The van der Waals surface area contributed by atoms with Gasteiger partial charge in [0.2, 0.25) is 0 Å². The van der Waals surface area contributed by atoms with Crippen LogP contribution in [0.15, 0.2) is 60.9 Å². The number of hydroxylamine groups is 1. The van der Waals surface area contributed by atoms with Crippen LogP contribution in [0.2, 0.25) is 5.02 Å². The van der Waals surface area contributed by atoms with E-state index in [1.165, 1.54) is 11.8 Å². The fourth-order valence-corrected chi connectivity index (χ4v) is 5.32. The van der Waals surface area contributed by atoms with E-state index in [4.69, 9.17) is 26.9 Å². The molecular weight excluding hydrogens is 616 g/mol. The summed E-state index contributed by atoms with van der Waals surface area (Å²) in [5.74, 6) is 1.21. The number of aryl methyl sites for hydroxylation is 2. The van der Waals surface area contributed by atoms with Gasteiger partial charge in [-0.25, -0.2) is 10.5 Å². The Balaban J connectivity index is 1.45. The van der Waals surface area contributed by atoms with Gasteiger partial charge in [-0.1, -0.05) is 56.2 Å². The van der Waals surface area contributed by atoms with Gasteiger partial charge in [0.05, 0.1) is 25.0 Å². The number of anilines is 1. The maximum absolute atomic E-state index is 12.2. The Morgan fingerprint density at radius 3 is 2.64 bits per heavy atom. The Hall–Kier alpha value is -3.89. The molecule has 2 atom stereocenters. The average molecular weight is 667 g/mol. The maximum atomic E-state index is 12.2. The fraction of sp³-hybridized carbons (Fsp3) is 0.500. The Morgan fingerprint density at radius 2 is 1.94 bits per heavy atom. The van der Waals surface area contributed by atoms with Crippen LogP contribution in [-0.4, -0.2) is 52.9 Å². The minimum atomic E-state index is -0.557. The summed E-state index contributed by atoms with van der Waals surface area (Å²) in [7, 11) is 0. The molecule has 0 saturated carbocycles. The molecular formula is C36H51ClN6O4. The van der Waals surface area contributed by atoms with E-state index in [0.717, 1.165) is 63.1 Å². The third-order valence-corrected chi connectivity index (χ3v) is 8.33. The van der Waals surface area contributed by atoms with E-state index in [0.29, 0.717) is 42.8 Å². The average Bonchev–Trinajstić information content (AvgIpc) is 3.56. The topological polar surface area (TPSA) is 125 Å². The molecule has 0 aliphatic heterocycles. The van der Waals surface area contributed by atoms with Crippen LogP contribution < -0.4 is 20.9 Å². The number of primary amides is 1. The van der Waals surface area contributed by atoms with Crippen molar-refractivity contribution in [2.75, 3.05) is 31.2 Å². The van der Waals surface area contributed by atoms with Gasteiger partial charge in [-0.05, 0) is 94.0 Å². The van der Waals surface area contributed by atoms with Crippen molar-refractivity contribution in [2.45, 2.75) is 79.2 Å².